The van der Waals surface area contributed by atoms with Crippen molar-refractivity contribution >= 4 is 11.6 Å². The number of carbonyl (C=O) groups is 1. The van der Waals surface area contributed by atoms with Crippen LogP contribution in [0.1, 0.15) is 6.42 Å². The van der Waals surface area contributed by atoms with Crippen molar-refractivity contribution in [3.8, 4) is 29.2 Å². The van der Waals surface area contributed by atoms with Crippen LogP contribution >= 0.6 is 0 Å². The number of hydrogen-bond donors (Lipinski definition) is 0. The van der Waals surface area contributed by atoms with Gasteiger partial charge in [-0.15, -0.1) is 12.3 Å². The van der Waals surface area contributed by atoms with Crippen molar-refractivity contribution in [3.05, 3.63) is 48.5 Å². The van der Waals surface area contributed by atoms with Gasteiger partial charge in [-0.25, -0.2) is 0 Å². The number of rotatable bonds is 3. The van der Waals surface area contributed by atoms with Crippen LogP contribution in [-0.2, 0) is 4.79 Å². The Hall–Kier alpha value is -2.73. The van der Waals surface area contributed by atoms with Crippen LogP contribution in [0.15, 0.2) is 48.5 Å². The lowest BCUT2D eigenvalue weighted by Gasteiger charge is -2.20. The first-order chi connectivity index (χ1) is 10.7. The lowest BCUT2D eigenvalue weighted by Crippen LogP contribution is -2.24. The molecule has 0 N–H and O–H groups in total. The molecule has 0 bridgehead atoms. The highest BCUT2D eigenvalue weighted by Gasteiger charge is 2.30. The predicted molar refractivity (Wildman–Crippen MR) is 87.7 cm³/mol. The van der Waals surface area contributed by atoms with Crippen molar-refractivity contribution in [1.82, 2.24) is 0 Å². The van der Waals surface area contributed by atoms with E-state index >= 15 is 0 Å². The van der Waals surface area contributed by atoms with Gasteiger partial charge in [-0.05, 0) is 23.8 Å². The van der Waals surface area contributed by atoms with Crippen LogP contribution in [-0.4, -0.2) is 19.6 Å². The Labute approximate surface area is 130 Å². The maximum atomic E-state index is 12.3. The molecule has 110 valence electrons. The van der Waals surface area contributed by atoms with E-state index in [2.05, 4.69) is 5.92 Å². The molecule has 1 unspecified atom stereocenters. The number of anilines is 1. The fourth-order valence-corrected chi connectivity index (χ4v) is 2.80. The van der Waals surface area contributed by atoms with Gasteiger partial charge in [0, 0.05) is 24.4 Å². The van der Waals surface area contributed by atoms with E-state index in [0.29, 0.717) is 13.0 Å². The molecule has 3 nitrogen and oxygen atoms in total. The van der Waals surface area contributed by atoms with Crippen LogP contribution in [0.4, 0.5) is 5.69 Å². The van der Waals surface area contributed by atoms with E-state index in [0.717, 1.165) is 22.6 Å². The van der Waals surface area contributed by atoms with Gasteiger partial charge in [-0.1, -0.05) is 30.3 Å². The van der Waals surface area contributed by atoms with Gasteiger partial charge in [-0.2, -0.15) is 0 Å². The summed E-state index contributed by atoms with van der Waals surface area (Å²) in [5.74, 6) is 3.56. The van der Waals surface area contributed by atoms with Gasteiger partial charge in [-0.3, -0.25) is 4.79 Å². The quantitative estimate of drug-likeness (QED) is 0.812. The van der Waals surface area contributed by atoms with Crippen LogP contribution in [0.3, 0.4) is 0 Å². The highest BCUT2D eigenvalue weighted by Crippen LogP contribution is 2.35. The first kappa shape index (κ1) is 14.2. The molecule has 1 heterocycles. The molecule has 0 aromatic heterocycles. The highest BCUT2D eigenvalue weighted by atomic mass is 16.5. The van der Waals surface area contributed by atoms with E-state index < -0.39 is 0 Å². The minimum Gasteiger partial charge on any atom is -0.497 e. The van der Waals surface area contributed by atoms with Gasteiger partial charge in [0.15, 0.2) is 0 Å². The van der Waals surface area contributed by atoms with Crippen LogP contribution < -0.4 is 9.64 Å². The standard InChI is InChI=1S/C19H17NO2/c1-3-14-11-19(21)20(13-14)18-10-5-4-9-17(18)15-7-6-8-16(12-15)22-2/h1,4-10,12,14H,11,13H2,2H3. The van der Waals surface area contributed by atoms with E-state index in [1.807, 2.05) is 48.5 Å². The second-order valence-electron chi connectivity index (χ2n) is 5.32. The second kappa shape index (κ2) is 5.95. The fraction of sp³-hybridized carbons (Fsp3) is 0.211. The Balaban J connectivity index is 2.04. The molecule has 1 aliphatic heterocycles. The molecular formula is C19H17NO2. The highest BCUT2D eigenvalue weighted by molar-refractivity contribution is 6.00. The molecule has 1 amide bonds. The molecule has 0 radical (unpaired) electrons. The number of amides is 1. The second-order valence-corrected chi connectivity index (χ2v) is 5.32. The molecule has 2 aromatic rings. The van der Waals surface area contributed by atoms with Crippen molar-refractivity contribution < 1.29 is 9.53 Å². The van der Waals surface area contributed by atoms with Crippen molar-refractivity contribution in [1.29, 1.82) is 0 Å². The van der Waals surface area contributed by atoms with Crippen molar-refractivity contribution in [2.75, 3.05) is 18.6 Å². The molecular weight excluding hydrogens is 274 g/mol. The first-order valence-electron chi connectivity index (χ1n) is 7.23. The number of ether oxygens (including phenoxy) is 1. The van der Waals surface area contributed by atoms with Gasteiger partial charge in [0.2, 0.25) is 5.91 Å². The number of nitrogens with zero attached hydrogens (tertiary/aromatic N) is 1. The maximum Gasteiger partial charge on any atom is 0.228 e. The molecule has 1 aliphatic rings. The van der Waals surface area contributed by atoms with E-state index in [1.54, 1.807) is 12.0 Å². The van der Waals surface area contributed by atoms with Crippen LogP contribution in [0.25, 0.3) is 11.1 Å². The predicted octanol–water partition coefficient (Wildman–Crippen LogP) is 3.35. The van der Waals surface area contributed by atoms with Gasteiger partial charge < -0.3 is 9.64 Å². The summed E-state index contributed by atoms with van der Waals surface area (Å²) in [5.41, 5.74) is 2.93. The summed E-state index contributed by atoms with van der Waals surface area (Å²) in [4.78, 5) is 14.0. The average Bonchev–Trinajstić information content (AvgIpc) is 2.96. The molecule has 0 aliphatic carbocycles. The summed E-state index contributed by atoms with van der Waals surface area (Å²) < 4.78 is 5.29. The third kappa shape index (κ3) is 2.56. The number of methoxy groups -OCH3 is 1. The van der Waals surface area contributed by atoms with E-state index in [4.69, 9.17) is 11.2 Å². The molecule has 22 heavy (non-hydrogen) atoms. The molecule has 0 saturated carbocycles. The van der Waals surface area contributed by atoms with Crippen molar-refractivity contribution in [2.45, 2.75) is 6.42 Å². The topological polar surface area (TPSA) is 29.5 Å². The summed E-state index contributed by atoms with van der Waals surface area (Å²) in [5, 5.41) is 0. The fourth-order valence-electron chi connectivity index (χ4n) is 2.80. The number of hydrogen-bond acceptors (Lipinski definition) is 2. The first-order valence-corrected chi connectivity index (χ1v) is 7.23. The molecule has 3 heteroatoms. The third-order valence-electron chi connectivity index (χ3n) is 3.94. The lowest BCUT2D eigenvalue weighted by atomic mass is 10.0. The smallest absolute Gasteiger partial charge is 0.228 e. The van der Waals surface area contributed by atoms with E-state index in [9.17, 15) is 4.79 Å². The molecule has 2 aromatic carbocycles. The summed E-state index contributed by atoms with van der Waals surface area (Å²) in [6.07, 6.45) is 5.90. The zero-order chi connectivity index (χ0) is 15.5. The Kier molecular flexibility index (Phi) is 3.84. The van der Waals surface area contributed by atoms with Gasteiger partial charge in [0.05, 0.1) is 12.8 Å². The van der Waals surface area contributed by atoms with Crippen LogP contribution in [0.2, 0.25) is 0 Å². The van der Waals surface area contributed by atoms with Crippen molar-refractivity contribution in [3.63, 3.8) is 0 Å². The molecule has 1 atom stereocenters. The van der Waals surface area contributed by atoms with Crippen LogP contribution in [0, 0.1) is 18.3 Å². The van der Waals surface area contributed by atoms with Crippen LogP contribution in [0.5, 0.6) is 5.75 Å². The third-order valence-corrected chi connectivity index (χ3v) is 3.94. The van der Waals surface area contributed by atoms with E-state index in [1.165, 1.54) is 0 Å². The van der Waals surface area contributed by atoms with E-state index in [-0.39, 0.29) is 11.8 Å². The Morgan fingerprint density at radius 1 is 1.23 bits per heavy atom. The molecule has 0 spiro atoms. The van der Waals surface area contributed by atoms with Gasteiger partial charge in [0.1, 0.15) is 5.75 Å². The Bertz CT molecular complexity index is 745. The number of para-hydroxylation sites is 1. The normalized spacial score (nSPS) is 17.4. The van der Waals surface area contributed by atoms with Crippen molar-refractivity contribution in [2.24, 2.45) is 5.92 Å². The summed E-state index contributed by atoms with van der Waals surface area (Å²) >= 11 is 0. The summed E-state index contributed by atoms with van der Waals surface area (Å²) in [7, 11) is 1.65. The summed E-state index contributed by atoms with van der Waals surface area (Å²) in [6.45, 7) is 0.580. The number of benzene rings is 2. The van der Waals surface area contributed by atoms with Gasteiger partial charge in [0.25, 0.3) is 0 Å². The minimum absolute atomic E-state index is 0.00846. The zero-order valence-corrected chi connectivity index (χ0v) is 12.5. The number of terminal acetylenes is 1. The Morgan fingerprint density at radius 3 is 2.77 bits per heavy atom. The Morgan fingerprint density at radius 2 is 2.05 bits per heavy atom. The average molecular weight is 291 g/mol. The largest absolute Gasteiger partial charge is 0.497 e. The maximum absolute atomic E-state index is 12.3. The monoisotopic (exact) mass is 291 g/mol. The lowest BCUT2D eigenvalue weighted by molar-refractivity contribution is -0.117. The molecule has 1 fully saturated rings. The molecule has 1 saturated heterocycles. The minimum atomic E-state index is -0.00846. The summed E-state index contributed by atoms with van der Waals surface area (Å²) in [6, 6.07) is 15.7. The SMILES string of the molecule is C#CC1CC(=O)N(c2ccccc2-c2cccc(OC)c2)C1. The number of carbonyl (C=O) groups excluding carboxylic acids is 1. The molecule has 3 rings (SSSR count). The zero-order valence-electron chi connectivity index (χ0n) is 12.5. The van der Waals surface area contributed by atoms with Gasteiger partial charge >= 0.3 is 0 Å².